The summed E-state index contributed by atoms with van der Waals surface area (Å²) < 4.78 is 38.9. The van der Waals surface area contributed by atoms with E-state index in [1.807, 2.05) is 0 Å². The highest BCUT2D eigenvalue weighted by molar-refractivity contribution is 5.94. The molecule has 0 aliphatic carbocycles. The predicted octanol–water partition coefficient (Wildman–Crippen LogP) is 2.12. The Bertz CT molecular complexity index is 593. The van der Waals surface area contributed by atoms with Crippen LogP contribution in [0.5, 0.6) is 0 Å². The summed E-state index contributed by atoms with van der Waals surface area (Å²) in [6, 6.07) is 1.69. The van der Waals surface area contributed by atoms with Crippen LogP contribution < -0.4 is 5.32 Å². The van der Waals surface area contributed by atoms with Crippen molar-refractivity contribution in [1.82, 2.24) is 19.9 Å². The molecule has 1 N–H and O–H groups in total. The van der Waals surface area contributed by atoms with Crippen LogP contribution in [-0.4, -0.2) is 26.5 Å². The molecule has 0 spiro atoms. The summed E-state index contributed by atoms with van der Waals surface area (Å²) in [4.78, 5) is 19.0. The normalized spacial score (nSPS) is 13.0. The topological polar surface area (TPSA) is 59.8 Å². The van der Waals surface area contributed by atoms with Gasteiger partial charge in [0.1, 0.15) is 5.69 Å². The standard InChI is InChI=1S/C13H13F3N4O/c1-9(7-20-5-4-17-8-20)19-12(21)10-2-3-11(18-6-10)13(14,15)16/h2-6,8-9H,7H2,1H3,(H,19,21). The fourth-order valence-electron chi connectivity index (χ4n) is 1.76. The van der Waals surface area contributed by atoms with Crippen LogP contribution in [0.4, 0.5) is 13.2 Å². The van der Waals surface area contributed by atoms with Crippen molar-refractivity contribution in [3.05, 3.63) is 48.3 Å². The number of halogens is 3. The summed E-state index contributed by atoms with van der Waals surface area (Å²) >= 11 is 0. The highest BCUT2D eigenvalue weighted by Crippen LogP contribution is 2.27. The summed E-state index contributed by atoms with van der Waals surface area (Å²) in [6.07, 6.45) is 1.39. The van der Waals surface area contributed by atoms with E-state index in [4.69, 9.17) is 0 Å². The van der Waals surface area contributed by atoms with Gasteiger partial charge < -0.3 is 9.88 Å². The number of alkyl halides is 3. The molecule has 2 heterocycles. The predicted molar refractivity (Wildman–Crippen MR) is 68.4 cm³/mol. The van der Waals surface area contributed by atoms with Crippen LogP contribution in [-0.2, 0) is 12.7 Å². The second kappa shape index (κ2) is 5.94. The van der Waals surface area contributed by atoms with E-state index in [0.29, 0.717) is 6.54 Å². The Kier molecular flexibility index (Phi) is 4.25. The highest BCUT2D eigenvalue weighted by atomic mass is 19.4. The maximum Gasteiger partial charge on any atom is 0.433 e. The number of nitrogens with one attached hydrogen (secondary N) is 1. The van der Waals surface area contributed by atoms with Gasteiger partial charge in [-0.3, -0.25) is 9.78 Å². The summed E-state index contributed by atoms with van der Waals surface area (Å²) in [6.45, 7) is 2.30. The van der Waals surface area contributed by atoms with Gasteiger partial charge in [-0.1, -0.05) is 0 Å². The first-order valence-electron chi connectivity index (χ1n) is 6.16. The number of rotatable bonds is 4. The summed E-state index contributed by atoms with van der Waals surface area (Å²) in [5.74, 6) is -0.469. The largest absolute Gasteiger partial charge is 0.433 e. The lowest BCUT2D eigenvalue weighted by atomic mass is 10.2. The van der Waals surface area contributed by atoms with Gasteiger partial charge in [-0.2, -0.15) is 13.2 Å². The fourth-order valence-corrected chi connectivity index (χ4v) is 1.76. The van der Waals surface area contributed by atoms with E-state index >= 15 is 0 Å². The number of hydrogen-bond donors (Lipinski definition) is 1. The van der Waals surface area contributed by atoms with Crippen molar-refractivity contribution >= 4 is 5.91 Å². The maximum absolute atomic E-state index is 12.4. The van der Waals surface area contributed by atoms with Gasteiger partial charge in [-0.25, -0.2) is 4.98 Å². The van der Waals surface area contributed by atoms with E-state index in [1.165, 1.54) is 0 Å². The van der Waals surface area contributed by atoms with Gasteiger partial charge in [0.2, 0.25) is 0 Å². The minimum atomic E-state index is -4.51. The number of imidazole rings is 1. The number of carbonyl (C=O) groups excluding carboxylic acids is 1. The molecule has 0 aliphatic heterocycles. The Balaban J connectivity index is 1.97. The summed E-state index contributed by atoms with van der Waals surface area (Å²) in [5.41, 5.74) is -0.939. The van der Waals surface area contributed by atoms with Crippen molar-refractivity contribution < 1.29 is 18.0 Å². The van der Waals surface area contributed by atoms with Gasteiger partial charge in [-0.05, 0) is 19.1 Å². The van der Waals surface area contributed by atoms with Gasteiger partial charge >= 0.3 is 6.18 Å². The molecular weight excluding hydrogens is 285 g/mol. The molecule has 2 aromatic rings. The van der Waals surface area contributed by atoms with Crippen molar-refractivity contribution in [2.45, 2.75) is 25.7 Å². The van der Waals surface area contributed by atoms with Crippen molar-refractivity contribution in [2.24, 2.45) is 0 Å². The van der Waals surface area contributed by atoms with Gasteiger partial charge in [0, 0.05) is 31.2 Å². The molecule has 21 heavy (non-hydrogen) atoms. The number of carbonyl (C=O) groups is 1. The minimum Gasteiger partial charge on any atom is -0.348 e. The van der Waals surface area contributed by atoms with Crippen LogP contribution in [0.3, 0.4) is 0 Å². The molecule has 0 fully saturated rings. The smallest absolute Gasteiger partial charge is 0.348 e. The van der Waals surface area contributed by atoms with Crippen LogP contribution in [0, 0.1) is 0 Å². The Labute approximate surface area is 118 Å². The Morgan fingerprint density at radius 1 is 1.43 bits per heavy atom. The second-order valence-corrected chi connectivity index (χ2v) is 4.56. The van der Waals surface area contributed by atoms with Gasteiger partial charge in [0.15, 0.2) is 0 Å². The Morgan fingerprint density at radius 3 is 2.71 bits per heavy atom. The molecule has 8 heteroatoms. The van der Waals surface area contributed by atoms with E-state index < -0.39 is 17.8 Å². The van der Waals surface area contributed by atoms with Crippen molar-refractivity contribution in [1.29, 1.82) is 0 Å². The Hall–Kier alpha value is -2.38. The van der Waals surface area contributed by atoms with Crippen molar-refractivity contribution in [2.75, 3.05) is 0 Å². The van der Waals surface area contributed by atoms with Gasteiger partial charge in [0.25, 0.3) is 5.91 Å². The molecule has 1 atom stereocenters. The van der Waals surface area contributed by atoms with E-state index in [0.717, 1.165) is 18.3 Å². The molecule has 0 radical (unpaired) electrons. The zero-order valence-corrected chi connectivity index (χ0v) is 11.1. The van der Waals surface area contributed by atoms with Crippen LogP contribution >= 0.6 is 0 Å². The number of nitrogens with zero attached hydrogens (tertiary/aromatic N) is 3. The lowest BCUT2D eigenvalue weighted by Crippen LogP contribution is -2.35. The first kappa shape index (κ1) is 15.0. The van der Waals surface area contributed by atoms with E-state index in [9.17, 15) is 18.0 Å². The third kappa shape index (κ3) is 4.04. The summed E-state index contributed by atoms with van der Waals surface area (Å²) in [7, 11) is 0. The average molecular weight is 298 g/mol. The second-order valence-electron chi connectivity index (χ2n) is 4.56. The van der Waals surface area contributed by atoms with Gasteiger partial charge in [0.05, 0.1) is 11.9 Å². The average Bonchev–Trinajstić information content (AvgIpc) is 2.90. The fraction of sp³-hybridized carbons (Fsp3) is 0.308. The molecule has 0 saturated carbocycles. The van der Waals surface area contributed by atoms with Crippen molar-refractivity contribution in [3.63, 3.8) is 0 Å². The molecule has 1 unspecified atom stereocenters. The van der Waals surface area contributed by atoms with E-state index in [1.54, 1.807) is 30.2 Å². The molecule has 0 aliphatic rings. The molecule has 2 rings (SSSR count). The zero-order chi connectivity index (χ0) is 15.5. The van der Waals surface area contributed by atoms with Crippen LogP contribution in [0.2, 0.25) is 0 Å². The van der Waals surface area contributed by atoms with Crippen LogP contribution in [0.15, 0.2) is 37.1 Å². The lowest BCUT2D eigenvalue weighted by molar-refractivity contribution is -0.141. The molecule has 0 saturated heterocycles. The maximum atomic E-state index is 12.4. The van der Waals surface area contributed by atoms with E-state index in [-0.39, 0.29) is 11.6 Å². The number of aromatic nitrogens is 3. The SMILES string of the molecule is CC(Cn1ccnc1)NC(=O)c1ccc(C(F)(F)F)nc1. The zero-order valence-electron chi connectivity index (χ0n) is 11.1. The number of hydrogen-bond acceptors (Lipinski definition) is 3. The molecule has 0 aromatic carbocycles. The lowest BCUT2D eigenvalue weighted by Gasteiger charge is -2.14. The third-order valence-electron chi connectivity index (χ3n) is 2.74. The molecule has 2 aromatic heterocycles. The van der Waals surface area contributed by atoms with Crippen LogP contribution in [0.25, 0.3) is 0 Å². The van der Waals surface area contributed by atoms with Crippen LogP contribution in [0.1, 0.15) is 23.0 Å². The molecule has 0 bridgehead atoms. The quantitative estimate of drug-likeness (QED) is 0.940. The molecular formula is C13H13F3N4O. The Morgan fingerprint density at radius 2 is 2.19 bits per heavy atom. The number of pyridine rings is 1. The monoisotopic (exact) mass is 298 g/mol. The summed E-state index contributed by atoms with van der Waals surface area (Å²) in [5, 5.41) is 2.68. The van der Waals surface area contributed by atoms with E-state index in [2.05, 4.69) is 15.3 Å². The van der Waals surface area contributed by atoms with Gasteiger partial charge in [-0.15, -0.1) is 0 Å². The van der Waals surface area contributed by atoms with Crippen molar-refractivity contribution in [3.8, 4) is 0 Å². The first-order valence-corrected chi connectivity index (χ1v) is 6.16. The highest BCUT2D eigenvalue weighted by Gasteiger charge is 2.32. The minimum absolute atomic E-state index is 0.0838. The first-order chi connectivity index (χ1) is 9.86. The third-order valence-corrected chi connectivity index (χ3v) is 2.74. The number of amides is 1. The molecule has 1 amide bonds. The molecule has 5 nitrogen and oxygen atoms in total. The molecule has 112 valence electrons.